The standard InChI is InChI=1S/C27H29Cl2N3O4S/c1-3-14-30-27(34)20(2)31(18-21-10-6-4-7-11-21)26(33)19-32(24-16-22(28)15-23(29)17-24)37(35,36)25-12-8-5-9-13-25/h4-13,15-17,20H,3,14,18-19H2,1-2H3,(H,30,34)/t20-/m0/s1. The lowest BCUT2D eigenvalue weighted by molar-refractivity contribution is -0.139. The van der Waals surface area contributed by atoms with E-state index in [1.54, 1.807) is 25.1 Å². The van der Waals surface area contributed by atoms with Gasteiger partial charge in [0.05, 0.1) is 10.6 Å². The summed E-state index contributed by atoms with van der Waals surface area (Å²) in [6.07, 6.45) is 0.740. The van der Waals surface area contributed by atoms with Crippen LogP contribution in [0, 0.1) is 0 Å². The summed E-state index contributed by atoms with van der Waals surface area (Å²) in [6, 6.07) is 20.5. The largest absolute Gasteiger partial charge is 0.354 e. The monoisotopic (exact) mass is 561 g/mol. The van der Waals surface area contributed by atoms with E-state index in [2.05, 4.69) is 5.32 Å². The molecule has 0 saturated heterocycles. The van der Waals surface area contributed by atoms with E-state index in [1.165, 1.54) is 35.2 Å². The molecule has 2 amide bonds. The SMILES string of the molecule is CCCNC(=O)[C@H](C)N(Cc1ccccc1)C(=O)CN(c1cc(Cl)cc(Cl)c1)S(=O)(=O)c1ccccc1. The number of anilines is 1. The highest BCUT2D eigenvalue weighted by atomic mass is 35.5. The van der Waals surface area contributed by atoms with Crippen molar-refractivity contribution in [3.05, 3.63) is 94.5 Å². The minimum atomic E-state index is -4.18. The van der Waals surface area contributed by atoms with Gasteiger partial charge in [-0.3, -0.25) is 13.9 Å². The van der Waals surface area contributed by atoms with Gasteiger partial charge in [0.2, 0.25) is 11.8 Å². The van der Waals surface area contributed by atoms with Crippen LogP contribution < -0.4 is 9.62 Å². The first-order valence-corrected chi connectivity index (χ1v) is 14.0. The fraction of sp³-hybridized carbons (Fsp3) is 0.259. The van der Waals surface area contributed by atoms with Crippen molar-refractivity contribution in [2.75, 3.05) is 17.4 Å². The van der Waals surface area contributed by atoms with E-state index in [-0.39, 0.29) is 33.1 Å². The molecule has 10 heteroatoms. The van der Waals surface area contributed by atoms with E-state index >= 15 is 0 Å². The van der Waals surface area contributed by atoms with Crippen molar-refractivity contribution >= 4 is 50.7 Å². The van der Waals surface area contributed by atoms with Crippen LogP contribution >= 0.6 is 23.2 Å². The number of benzene rings is 3. The highest BCUT2D eigenvalue weighted by Gasteiger charge is 2.32. The topological polar surface area (TPSA) is 86.8 Å². The normalized spacial score (nSPS) is 12.0. The Balaban J connectivity index is 2.03. The molecule has 0 saturated carbocycles. The molecule has 1 N–H and O–H groups in total. The maximum absolute atomic E-state index is 13.8. The van der Waals surface area contributed by atoms with Crippen LogP contribution in [-0.2, 0) is 26.2 Å². The number of sulfonamides is 1. The Morgan fingerprint density at radius 3 is 2.05 bits per heavy atom. The molecule has 0 bridgehead atoms. The van der Waals surface area contributed by atoms with Gasteiger partial charge >= 0.3 is 0 Å². The Morgan fingerprint density at radius 1 is 0.919 bits per heavy atom. The van der Waals surface area contributed by atoms with Crippen LogP contribution in [0.5, 0.6) is 0 Å². The molecule has 0 aliphatic heterocycles. The van der Waals surface area contributed by atoms with Crippen LogP contribution in [0.15, 0.2) is 83.8 Å². The lowest BCUT2D eigenvalue weighted by atomic mass is 10.1. The van der Waals surface area contributed by atoms with Crippen LogP contribution in [0.1, 0.15) is 25.8 Å². The third-order valence-corrected chi connectivity index (χ3v) is 7.88. The predicted octanol–water partition coefficient (Wildman–Crippen LogP) is 5.13. The molecule has 0 radical (unpaired) electrons. The number of hydrogen-bond acceptors (Lipinski definition) is 4. The zero-order valence-electron chi connectivity index (χ0n) is 20.6. The lowest BCUT2D eigenvalue weighted by Crippen LogP contribution is -2.51. The van der Waals surface area contributed by atoms with E-state index in [1.807, 2.05) is 37.3 Å². The van der Waals surface area contributed by atoms with Gasteiger partial charge in [-0.05, 0) is 49.2 Å². The van der Waals surface area contributed by atoms with Crippen molar-refractivity contribution in [2.45, 2.75) is 37.8 Å². The first kappa shape index (κ1) is 28.5. The van der Waals surface area contributed by atoms with Gasteiger partial charge in [-0.15, -0.1) is 0 Å². The number of nitrogens with one attached hydrogen (secondary N) is 1. The lowest BCUT2D eigenvalue weighted by Gasteiger charge is -2.32. The average Bonchev–Trinajstić information content (AvgIpc) is 2.88. The first-order valence-electron chi connectivity index (χ1n) is 11.8. The van der Waals surface area contributed by atoms with Crippen molar-refractivity contribution in [2.24, 2.45) is 0 Å². The summed E-state index contributed by atoms with van der Waals surface area (Å²) in [5.74, 6) is -0.881. The van der Waals surface area contributed by atoms with Crippen LogP contribution in [0.4, 0.5) is 5.69 Å². The Hall–Kier alpha value is -3.07. The third-order valence-electron chi connectivity index (χ3n) is 5.66. The second kappa shape index (κ2) is 12.9. The second-order valence-electron chi connectivity index (χ2n) is 8.43. The minimum Gasteiger partial charge on any atom is -0.354 e. The first-order chi connectivity index (χ1) is 17.6. The molecule has 0 aliphatic rings. The van der Waals surface area contributed by atoms with Gasteiger partial charge in [0.25, 0.3) is 10.0 Å². The van der Waals surface area contributed by atoms with Crippen molar-refractivity contribution in [3.63, 3.8) is 0 Å². The molecule has 7 nitrogen and oxygen atoms in total. The van der Waals surface area contributed by atoms with Gasteiger partial charge in [0.15, 0.2) is 0 Å². The van der Waals surface area contributed by atoms with Crippen molar-refractivity contribution in [1.82, 2.24) is 10.2 Å². The van der Waals surface area contributed by atoms with E-state index in [0.29, 0.717) is 6.54 Å². The molecule has 3 aromatic carbocycles. The average molecular weight is 563 g/mol. The number of halogens is 2. The number of carbonyl (C=O) groups is 2. The Labute approximate surface area is 228 Å². The molecule has 1 atom stereocenters. The summed E-state index contributed by atoms with van der Waals surface area (Å²) in [5.41, 5.74) is 0.937. The van der Waals surface area contributed by atoms with Gasteiger partial charge in [-0.1, -0.05) is 78.7 Å². The van der Waals surface area contributed by atoms with E-state index in [9.17, 15) is 18.0 Å². The summed E-state index contributed by atoms with van der Waals surface area (Å²) >= 11 is 12.4. The molecular formula is C27H29Cl2N3O4S. The molecule has 0 unspecified atom stereocenters. The zero-order valence-corrected chi connectivity index (χ0v) is 22.9. The van der Waals surface area contributed by atoms with Gasteiger partial charge in [0.1, 0.15) is 12.6 Å². The zero-order chi connectivity index (χ0) is 27.0. The van der Waals surface area contributed by atoms with E-state index in [4.69, 9.17) is 23.2 Å². The highest BCUT2D eigenvalue weighted by Crippen LogP contribution is 2.30. The fourth-order valence-electron chi connectivity index (χ4n) is 3.69. The second-order valence-corrected chi connectivity index (χ2v) is 11.2. The molecule has 0 fully saturated rings. The molecule has 37 heavy (non-hydrogen) atoms. The molecule has 0 aliphatic carbocycles. The summed E-state index contributed by atoms with van der Waals surface area (Å²) < 4.78 is 28.4. The minimum absolute atomic E-state index is 0.00208. The van der Waals surface area contributed by atoms with Crippen molar-refractivity contribution < 1.29 is 18.0 Å². The van der Waals surface area contributed by atoms with Crippen molar-refractivity contribution in [1.29, 1.82) is 0 Å². The highest BCUT2D eigenvalue weighted by molar-refractivity contribution is 7.92. The summed E-state index contributed by atoms with van der Waals surface area (Å²) in [4.78, 5) is 28.0. The molecule has 3 aromatic rings. The summed E-state index contributed by atoms with van der Waals surface area (Å²) in [5, 5.41) is 3.25. The van der Waals surface area contributed by atoms with Crippen LogP contribution in [-0.4, -0.2) is 44.3 Å². The molecule has 196 valence electrons. The quantitative estimate of drug-likeness (QED) is 0.351. The molecule has 0 heterocycles. The number of carbonyl (C=O) groups excluding carboxylic acids is 2. The number of amides is 2. The van der Waals surface area contributed by atoms with Crippen molar-refractivity contribution in [3.8, 4) is 0 Å². The Bertz CT molecular complexity index is 1300. The molecule has 3 rings (SSSR count). The van der Waals surface area contributed by atoms with Gasteiger partial charge in [-0.2, -0.15) is 0 Å². The number of nitrogens with zero attached hydrogens (tertiary/aromatic N) is 2. The maximum atomic E-state index is 13.8. The third kappa shape index (κ3) is 7.47. The van der Waals surface area contributed by atoms with Crippen LogP contribution in [0.25, 0.3) is 0 Å². The molecule has 0 aromatic heterocycles. The molecule has 0 spiro atoms. The number of rotatable bonds is 11. The Morgan fingerprint density at radius 2 is 1.49 bits per heavy atom. The number of hydrogen-bond donors (Lipinski definition) is 1. The van der Waals surface area contributed by atoms with Crippen LogP contribution in [0.2, 0.25) is 10.0 Å². The smallest absolute Gasteiger partial charge is 0.264 e. The maximum Gasteiger partial charge on any atom is 0.264 e. The summed E-state index contributed by atoms with van der Waals surface area (Å²) in [6.45, 7) is 3.58. The fourth-order valence-corrected chi connectivity index (χ4v) is 5.62. The van der Waals surface area contributed by atoms with Gasteiger partial charge in [0, 0.05) is 23.1 Å². The Kier molecular flexibility index (Phi) is 9.97. The van der Waals surface area contributed by atoms with E-state index in [0.717, 1.165) is 16.3 Å². The van der Waals surface area contributed by atoms with Gasteiger partial charge < -0.3 is 10.2 Å². The van der Waals surface area contributed by atoms with E-state index < -0.39 is 28.5 Å². The molecular weight excluding hydrogens is 533 g/mol. The predicted molar refractivity (Wildman–Crippen MR) is 147 cm³/mol. The summed E-state index contributed by atoms with van der Waals surface area (Å²) in [7, 11) is -4.18. The van der Waals surface area contributed by atoms with Gasteiger partial charge in [-0.25, -0.2) is 8.42 Å². The van der Waals surface area contributed by atoms with Crippen LogP contribution in [0.3, 0.4) is 0 Å².